The van der Waals surface area contributed by atoms with Gasteiger partial charge in [-0.1, -0.05) is 12.2 Å². The third kappa shape index (κ3) is 5.31. The van der Waals surface area contributed by atoms with E-state index in [1.807, 2.05) is 0 Å². The van der Waals surface area contributed by atoms with Gasteiger partial charge in [-0.05, 0) is 0 Å². The van der Waals surface area contributed by atoms with Gasteiger partial charge in [0.15, 0.2) is 0 Å². The average molecular weight is 144 g/mol. The normalized spacial score (nSPS) is 10.2. The lowest BCUT2D eigenvalue weighted by molar-refractivity contribution is -0.139. The highest BCUT2D eigenvalue weighted by Crippen LogP contribution is 1.85. The lowest BCUT2D eigenvalue weighted by atomic mass is 10.4. The number of hydrogen-bond donors (Lipinski definition) is 0. The third-order valence-electron chi connectivity index (χ3n) is 0.942. The zero-order chi connectivity index (χ0) is 7.82. The fourth-order valence-electron chi connectivity index (χ4n) is 0.427. The van der Waals surface area contributed by atoms with Crippen molar-refractivity contribution < 1.29 is 14.3 Å². The number of hydrogen-bond acceptors (Lipinski definition) is 3. The topological polar surface area (TPSA) is 35.5 Å². The number of carbonyl (C=O) groups excluding carboxylic acids is 1. The van der Waals surface area contributed by atoms with Gasteiger partial charge in [0, 0.05) is 7.11 Å². The number of methoxy groups -OCH3 is 2. The first-order valence-electron chi connectivity index (χ1n) is 3.02. The third-order valence-corrected chi connectivity index (χ3v) is 0.942. The Morgan fingerprint density at radius 2 is 2.10 bits per heavy atom. The first-order valence-corrected chi connectivity index (χ1v) is 3.02. The molecule has 0 radical (unpaired) electrons. The van der Waals surface area contributed by atoms with Crippen molar-refractivity contribution in [3.63, 3.8) is 0 Å². The summed E-state index contributed by atoms with van der Waals surface area (Å²) in [4.78, 5) is 10.5. The molecular weight excluding hydrogens is 132 g/mol. The maximum Gasteiger partial charge on any atom is 0.309 e. The van der Waals surface area contributed by atoms with Crippen molar-refractivity contribution in [1.29, 1.82) is 0 Å². The van der Waals surface area contributed by atoms with Crippen LogP contribution in [0.3, 0.4) is 0 Å². The summed E-state index contributed by atoms with van der Waals surface area (Å²) >= 11 is 0. The zero-order valence-electron chi connectivity index (χ0n) is 6.29. The lowest BCUT2D eigenvalue weighted by Crippen LogP contribution is -1.97. The monoisotopic (exact) mass is 144 g/mol. The molecule has 0 unspecified atom stereocenters. The van der Waals surface area contributed by atoms with Crippen LogP contribution in [0.5, 0.6) is 0 Å². The van der Waals surface area contributed by atoms with Crippen molar-refractivity contribution in [2.24, 2.45) is 0 Å². The van der Waals surface area contributed by atoms with E-state index in [0.29, 0.717) is 13.0 Å². The molecule has 0 aliphatic heterocycles. The Bertz CT molecular complexity index is 118. The highest BCUT2D eigenvalue weighted by Gasteiger charge is 1.92. The van der Waals surface area contributed by atoms with Gasteiger partial charge in [0.2, 0.25) is 0 Å². The van der Waals surface area contributed by atoms with Crippen LogP contribution in [0.25, 0.3) is 0 Å². The summed E-state index contributed by atoms with van der Waals surface area (Å²) in [6.07, 6.45) is 3.81. The second kappa shape index (κ2) is 6.29. The van der Waals surface area contributed by atoms with E-state index in [0.717, 1.165) is 0 Å². The van der Waals surface area contributed by atoms with Gasteiger partial charge in [-0.15, -0.1) is 0 Å². The van der Waals surface area contributed by atoms with Crippen molar-refractivity contribution >= 4 is 5.97 Å². The zero-order valence-corrected chi connectivity index (χ0v) is 6.29. The van der Waals surface area contributed by atoms with E-state index >= 15 is 0 Å². The lowest BCUT2D eigenvalue weighted by Gasteiger charge is -1.91. The predicted octanol–water partition coefficient (Wildman–Crippen LogP) is 0.752. The average Bonchev–Trinajstić information content (AvgIpc) is 1.98. The molecule has 0 heterocycles. The summed E-state index contributed by atoms with van der Waals surface area (Å²) in [7, 11) is 2.97. The van der Waals surface area contributed by atoms with E-state index in [-0.39, 0.29) is 5.97 Å². The Balaban J connectivity index is 3.25. The summed E-state index contributed by atoms with van der Waals surface area (Å²) < 4.78 is 9.12. The molecule has 0 aromatic heterocycles. The van der Waals surface area contributed by atoms with Crippen LogP contribution in [0.1, 0.15) is 6.42 Å². The number of carbonyl (C=O) groups is 1. The minimum Gasteiger partial charge on any atom is -0.469 e. The van der Waals surface area contributed by atoms with Crippen LogP contribution in [0.15, 0.2) is 12.2 Å². The highest BCUT2D eigenvalue weighted by molar-refractivity contribution is 5.70. The molecule has 0 rings (SSSR count). The van der Waals surface area contributed by atoms with E-state index in [2.05, 4.69) is 4.74 Å². The van der Waals surface area contributed by atoms with Gasteiger partial charge in [-0.25, -0.2) is 0 Å². The van der Waals surface area contributed by atoms with Gasteiger partial charge >= 0.3 is 5.97 Å². The van der Waals surface area contributed by atoms with Crippen LogP contribution in [0, 0.1) is 0 Å². The first-order chi connectivity index (χ1) is 4.81. The van der Waals surface area contributed by atoms with Crippen LogP contribution in [0.2, 0.25) is 0 Å². The minimum atomic E-state index is -0.229. The van der Waals surface area contributed by atoms with Crippen LogP contribution >= 0.6 is 0 Å². The molecule has 0 aliphatic rings. The molecule has 0 atom stereocenters. The van der Waals surface area contributed by atoms with E-state index in [1.165, 1.54) is 7.11 Å². The van der Waals surface area contributed by atoms with Crippen molar-refractivity contribution in [2.45, 2.75) is 6.42 Å². The number of ether oxygens (including phenoxy) is 2. The Labute approximate surface area is 60.6 Å². The smallest absolute Gasteiger partial charge is 0.309 e. The van der Waals surface area contributed by atoms with Gasteiger partial charge in [0.1, 0.15) is 0 Å². The second-order valence-electron chi connectivity index (χ2n) is 1.71. The van der Waals surface area contributed by atoms with Gasteiger partial charge in [0.25, 0.3) is 0 Å². The number of rotatable bonds is 4. The molecular formula is C7H12O3. The van der Waals surface area contributed by atoms with Crippen molar-refractivity contribution in [2.75, 3.05) is 20.8 Å². The standard InChI is InChI=1S/C7H12O3/c1-9-6-4-3-5-7(8)10-2/h3-4H,5-6H2,1-2H3/b4-3+. The van der Waals surface area contributed by atoms with Crippen LogP contribution in [0.4, 0.5) is 0 Å². The molecule has 3 heteroatoms. The summed E-state index contributed by atoms with van der Waals surface area (Å²) in [5.41, 5.74) is 0. The first kappa shape index (κ1) is 9.17. The second-order valence-corrected chi connectivity index (χ2v) is 1.71. The molecule has 0 amide bonds. The molecule has 58 valence electrons. The summed E-state index contributed by atoms with van der Waals surface area (Å²) in [6.45, 7) is 0.539. The van der Waals surface area contributed by atoms with Crippen LogP contribution in [-0.4, -0.2) is 26.8 Å². The van der Waals surface area contributed by atoms with Crippen LogP contribution < -0.4 is 0 Å². The quantitative estimate of drug-likeness (QED) is 0.431. The van der Waals surface area contributed by atoms with Crippen molar-refractivity contribution in [1.82, 2.24) is 0 Å². The Morgan fingerprint density at radius 1 is 1.40 bits per heavy atom. The molecule has 0 saturated heterocycles. The summed E-state index contributed by atoms with van der Waals surface area (Å²) in [6, 6.07) is 0. The summed E-state index contributed by atoms with van der Waals surface area (Å²) in [5.74, 6) is -0.229. The largest absolute Gasteiger partial charge is 0.469 e. The van der Waals surface area contributed by atoms with Gasteiger partial charge < -0.3 is 9.47 Å². The van der Waals surface area contributed by atoms with Crippen LogP contribution in [-0.2, 0) is 14.3 Å². The number of esters is 1. The molecule has 0 aromatic rings. The Morgan fingerprint density at radius 3 is 2.60 bits per heavy atom. The predicted molar refractivity (Wildman–Crippen MR) is 37.6 cm³/mol. The molecule has 0 N–H and O–H groups in total. The molecule has 0 bridgehead atoms. The van der Waals surface area contributed by atoms with Gasteiger partial charge in [-0.2, -0.15) is 0 Å². The molecule has 10 heavy (non-hydrogen) atoms. The maximum atomic E-state index is 10.5. The van der Waals surface area contributed by atoms with Crippen molar-refractivity contribution in [3.8, 4) is 0 Å². The van der Waals surface area contributed by atoms with Crippen molar-refractivity contribution in [3.05, 3.63) is 12.2 Å². The molecule has 0 aliphatic carbocycles. The Hall–Kier alpha value is -0.830. The van der Waals surface area contributed by atoms with E-state index in [4.69, 9.17) is 4.74 Å². The summed E-state index contributed by atoms with van der Waals surface area (Å²) in [5, 5.41) is 0. The Kier molecular flexibility index (Phi) is 5.77. The SMILES string of the molecule is COC/C=C/CC(=O)OC. The molecule has 0 fully saturated rings. The fourth-order valence-corrected chi connectivity index (χ4v) is 0.427. The molecule has 0 aromatic carbocycles. The molecule has 0 saturated carbocycles. The van der Waals surface area contributed by atoms with E-state index < -0.39 is 0 Å². The highest BCUT2D eigenvalue weighted by atomic mass is 16.5. The van der Waals surface area contributed by atoms with E-state index in [1.54, 1.807) is 19.3 Å². The molecule has 0 spiro atoms. The fraction of sp³-hybridized carbons (Fsp3) is 0.571. The van der Waals surface area contributed by atoms with Gasteiger partial charge in [-0.3, -0.25) is 4.79 Å². The van der Waals surface area contributed by atoms with Gasteiger partial charge in [0.05, 0.1) is 20.1 Å². The molecule has 3 nitrogen and oxygen atoms in total. The van der Waals surface area contributed by atoms with E-state index in [9.17, 15) is 4.79 Å². The minimum absolute atomic E-state index is 0.229. The maximum absolute atomic E-state index is 10.5.